The first-order valence-electron chi connectivity index (χ1n) is 7.35. The maximum atomic E-state index is 6.36. The maximum Gasteiger partial charge on any atom is 0.0861 e. The van der Waals surface area contributed by atoms with Gasteiger partial charge in [-0.25, -0.2) is 0 Å². The molecule has 0 aromatic rings. The molecule has 0 aromatic carbocycles. The molecule has 2 aliphatic rings. The van der Waals surface area contributed by atoms with Crippen LogP contribution < -0.4 is 0 Å². The predicted molar refractivity (Wildman–Crippen MR) is 79.8 cm³/mol. The number of hydrogen-bond donors (Lipinski definition) is 0. The van der Waals surface area contributed by atoms with Gasteiger partial charge in [-0.2, -0.15) is 0 Å². The average Bonchev–Trinajstić information content (AvgIpc) is 2.94. The molecule has 112 valence electrons. The van der Waals surface area contributed by atoms with Crippen LogP contribution in [0.25, 0.3) is 0 Å². The summed E-state index contributed by atoms with van der Waals surface area (Å²) in [6.07, 6.45) is 4.04. The SMILES string of the molecule is COCCOCCOC1(CBr)C2CCC(C2)C1(C)C. The van der Waals surface area contributed by atoms with Crippen LogP contribution in [0.3, 0.4) is 0 Å². The molecular formula is C15H27BrO3. The summed E-state index contributed by atoms with van der Waals surface area (Å²) in [5.41, 5.74) is 0.270. The molecule has 2 rings (SSSR count). The summed E-state index contributed by atoms with van der Waals surface area (Å²) in [4.78, 5) is 0. The standard InChI is InChI=1S/C15H27BrO3/c1-14(2)12-4-5-13(10-12)15(14,11-16)19-9-8-18-7-6-17-3/h12-13H,4-11H2,1-3H3. The summed E-state index contributed by atoms with van der Waals surface area (Å²) < 4.78 is 16.8. The van der Waals surface area contributed by atoms with Crippen LogP contribution in [-0.2, 0) is 14.2 Å². The van der Waals surface area contributed by atoms with Gasteiger partial charge in [0, 0.05) is 12.4 Å². The lowest BCUT2D eigenvalue weighted by molar-refractivity contribution is -0.147. The van der Waals surface area contributed by atoms with Gasteiger partial charge in [0.1, 0.15) is 0 Å². The van der Waals surface area contributed by atoms with Crippen molar-refractivity contribution in [3.8, 4) is 0 Å². The molecule has 0 N–H and O–H groups in total. The Morgan fingerprint density at radius 1 is 1.05 bits per heavy atom. The third-order valence-corrected chi connectivity index (χ3v) is 6.25. The van der Waals surface area contributed by atoms with Crippen molar-refractivity contribution in [1.29, 1.82) is 0 Å². The highest BCUT2D eigenvalue weighted by Crippen LogP contribution is 2.63. The summed E-state index contributed by atoms with van der Waals surface area (Å²) in [7, 11) is 1.69. The van der Waals surface area contributed by atoms with Crippen LogP contribution in [0.5, 0.6) is 0 Å². The van der Waals surface area contributed by atoms with Crippen LogP contribution in [-0.4, -0.2) is 44.5 Å². The molecule has 3 nitrogen and oxygen atoms in total. The summed E-state index contributed by atoms with van der Waals surface area (Å²) >= 11 is 3.72. The zero-order valence-corrected chi connectivity index (χ0v) is 14.0. The Balaban J connectivity index is 1.85. The minimum atomic E-state index is 0.000529. The molecule has 0 saturated heterocycles. The topological polar surface area (TPSA) is 27.7 Å². The van der Waals surface area contributed by atoms with E-state index in [9.17, 15) is 0 Å². The van der Waals surface area contributed by atoms with E-state index < -0.39 is 0 Å². The van der Waals surface area contributed by atoms with Gasteiger partial charge in [-0.3, -0.25) is 0 Å². The van der Waals surface area contributed by atoms with Gasteiger partial charge >= 0.3 is 0 Å². The number of rotatable bonds is 8. The molecule has 2 bridgehead atoms. The maximum absolute atomic E-state index is 6.36. The van der Waals surface area contributed by atoms with Crippen LogP contribution >= 0.6 is 15.9 Å². The lowest BCUT2D eigenvalue weighted by Gasteiger charge is -2.48. The second-order valence-electron chi connectivity index (χ2n) is 6.41. The van der Waals surface area contributed by atoms with Gasteiger partial charge in [0.2, 0.25) is 0 Å². The van der Waals surface area contributed by atoms with Gasteiger partial charge in [-0.1, -0.05) is 29.8 Å². The fourth-order valence-corrected chi connectivity index (χ4v) is 5.43. The molecule has 0 aliphatic heterocycles. The smallest absolute Gasteiger partial charge is 0.0861 e. The Kier molecular flexibility index (Phi) is 5.32. The fourth-order valence-electron chi connectivity index (χ4n) is 4.08. The van der Waals surface area contributed by atoms with Crippen molar-refractivity contribution in [3.63, 3.8) is 0 Å². The molecule has 2 fully saturated rings. The third kappa shape index (κ3) is 2.74. The van der Waals surface area contributed by atoms with E-state index in [-0.39, 0.29) is 11.0 Å². The first-order chi connectivity index (χ1) is 9.08. The van der Waals surface area contributed by atoms with Crippen LogP contribution in [0.1, 0.15) is 33.1 Å². The number of ether oxygens (including phenoxy) is 3. The Labute approximate surface area is 125 Å². The fraction of sp³-hybridized carbons (Fsp3) is 1.00. The number of alkyl halides is 1. The lowest BCUT2D eigenvalue weighted by atomic mass is 9.66. The molecule has 0 heterocycles. The quantitative estimate of drug-likeness (QED) is 0.503. The Morgan fingerprint density at radius 2 is 1.74 bits per heavy atom. The van der Waals surface area contributed by atoms with Crippen molar-refractivity contribution in [3.05, 3.63) is 0 Å². The summed E-state index contributed by atoms with van der Waals surface area (Å²) in [5.74, 6) is 1.54. The van der Waals surface area contributed by atoms with Gasteiger partial charge in [0.05, 0.1) is 32.0 Å². The van der Waals surface area contributed by atoms with Crippen molar-refractivity contribution < 1.29 is 14.2 Å². The number of fused-ring (bicyclic) bond motifs is 2. The summed E-state index contributed by atoms with van der Waals surface area (Å²) in [5, 5.41) is 0.937. The first kappa shape index (κ1) is 15.7. The Hall–Kier alpha value is 0.360. The van der Waals surface area contributed by atoms with Crippen molar-refractivity contribution in [2.75, 3.05) is 38.9 Å². The van der Waals surface area contributed by atoms with E-state index in [1.807, 2.05) is 0 Å². The molecule has 4 heteroatoms. The van der Waals surface area contributed by atoms with Crippen molar-refractivity contribution >= 4 is 15.9 Å². The minimum absolute atomic E-state index is 0.000529. The van der Waals surface area contributed by atoms with Gasteiger partial charge < -0.3 is 14.2 Å². The zero-order chi connectivity index (χ0) is 13.9. The Morgan fingerprint density at radius 3 is 2.32 bits per heavy atom. The van der Waals surface area contributed by atoms with E-state index >= 15 is 0 Å². The normalized spacial score (nSPS) is 36.0. The third-order valence-electron chi connectivity index (χ3n) is 5.42. The van der Waals surface area contributed by atoms with Gasteiger partial charge in [-0.15, -0.1) is 0 Å². The highest BCUT2D eigenvalue weighted by atomic mass is 79.9. The number of methoxy groups -OCH3 is 1. The van der Waals surface area contributed by atoms with E-state index in [1.165, 1.54) is 19.3 Å². The highest BCUT2D eigenvalue weighted by Gasteiger charge is 2.63. The molecule has 3 unspecified atom stereocenters. The summed E-state index contributed by atoms with van der Waals surface area (Å²) in [6, 6.07) is 0. The van der Waals surface area contributed by atoms with Gasteiger partial charge in [0.25, 0.3) is 0 Å². The molecule has 0 spiro atoms. The van der Waals surface area contributed by atoms with E-state index in [0.717, 1.165) is 11.2 Å². The highest BCUT2D eigenvalue weighted by molar-refractivity contribution is 9.09. The number of halogens is 1. The van der Waals surface area contributed by atoms with E-state index in [4.69, 9.17) is 14.2 Å². The predicted octanol–water partition coefficient (Wildman–Crippen LogP) is 3.26. The number of hydrogen-bond acceptors (Lipinski definition) is 3. The molecule has 0 radical (unpaired) electrons. The van der Waals surface area contributed by atoms with Gasteiger partial charge in [-0.05, 0) is 36.5 Å². The Bertz CT molecular complexity index is 295. The average molecular weight is 335 g/mol. The van der Waals surface area contributed by atoms with E-state index in [0.29, 0.717) is 32.3 Å². The van der Waals surface area contributed by atoms with E-state index in [1.54, 1.807) is 7.11 Å². The molecule has 19 heavy (non-hydrogen) atoms. The molecule has 0 amide bonds. The van der Waals surface area contributed by atoms with Crippen molar-refractivity contribution in [1.82, 2.24) is 0 Å². The van der Waals surface area contributed by atoms with Crippen LogP contribution in [0.2, 0.25) is 0 Å². The second-order valence-corrected chi connectivity index (χ2v) is 6.97. The molecule has 2 saturated carbocycles. The van der Waals surface area contributed by atoms with Crippen molar-refractivity contribution in [2.45, 2.75) is 38.7 Å². The van der Waals surface area contributed by atoms with E-state index in [2.05, 4.69) is 29.8 Å². The molecule has 2 aliphatic carbocycles. The molecular weight excluding hydrogens is 308 g/mol. The molecule has 0 aromatic heterocycles. The van der Waals surface area contributed by atoms with Crippen LogP contribution in [0.4, 0.5) is 0 Å². The van der Waals surface area contributed by atoms with Crippen LogP contribution in [0, 0.1) is 17.3 Å². The minimum Gasteiger partial charge on any atom is -0.382 e. The largest absolute Gasteiger partial charge is 0.382 e. The zero-order valence-electron chi connectivity index (χ0n) is 12.4. The first-order valence-corrected chi connectivity index (χ1v) is 8.47. The summed E-state index contributed by atoms with van der Waals surface area (Å²) in [6.45, 7) is 7.40. The lowest BCUT2D eigenvalue weighted by Crippen LogP contribution is -2.53. The second kappa shape index (κ2) is 6.42. The van der Waals surface area contributed by atoms with Crippen LogP contribution in [0.15, 0.2) is 0 Å². The van der Waals surface area contributed by atoms with Crippen molar-refractivity contribution in [2.24, 2.45) is 17.3 Å². The molecule has 3 atom stereocenters. The van der Waals surface area contributed by atoms with Gasteiger partial charge in [0.15, 0.2) is 0 Å². The monoisotopic (exact) mass is 334 g/mol.